The molecule has 10 heteroatoms. The van der Waals surface area contributed by atoms with Crippen molar-refractivity contribution in [2.75, 3.05) is 0 Å². The summed E-state index contributed by atoms with van der Waals surface area (Å²) >= 11 is 0. The number of nitrogens with zero attached hydrogens (tertiary/aromatic N) is 4. The molecule has 2 aromatic heterocycles. The number of benzene rings is 2. The molecule has 0 spiro atoms. The van der Waals surface area contributed by atoms with E-state index in [-0.39, 0.29) is 17.7 Å². The van der Waals surface area contributed by atoms with Crippen molar-refractivity contribution in [2.45, 2.75) is 26.7 Å². The molecular weight excluding hydrogens is 412 g/mol. The van der Waals surface area contributed by atoms with Gasteiger partial charge in [0.15, 0.2) is 5.65 Å². The monoisotopic (exact) mass is 432 g/mol. The molecule has 4 rings (SSSR count). The molecule has 0 bridgehead atoms. The van der Waals surface area contributed by atoms with Crippen molar-refractivity contribution in [3.05, 3.63) is 81.2 Å². The third-order valence-corrected chi connectivity index (χ3v) is 5.25. The van der Waals surface area contributed by atoms with Crippen LogP contribution in [0.2, 0.25) is 0 Å². The Bertz CT molecular complexity index is 1380. The van der Waals surface area contributed by atoms with Gasteiger partial charge in [0.05, 0.1) is 10.4 Å². The summed E-state index contributed by atoms with van der Waals surface area (Å²) in [5.74, 6) is -1.03. The van der Waals surface area contributed by atoms with E-state index in [1.165, 1.54) is 18.2 Å². The average molecular weight is 432 g/mol. The van der Waals surface area contributed by atoms with E-state index in [0.717, 1.165) is 39.6 Å². The van der Waals surface area contributed by atoms with Crippen LogP contribution in [0.3, 0.4) is 0 Å². The van der Waals surface area contributed by atoms with E-state index in [1.54, 1.807) is 4.52 Å². The molecule has 10 nitrogen and oxygen atoms in total. The van der Waals surface area contributed by atoms with E-state index >= 15 is 0 Å². The SMILES string of the molecule is Cc1nc2c3ccccc3nn2c(C)c1CCC(=O)NNC(=O)c1cccc([N+](=O)[O-])c1. The first kappa shape index (κ1) is 20.9. The van der Waals surface area contributed by atoms with Gasteiger partial charge >= 0.3 is 0 Å². The number of carbonyl (C=O) groups excluding carboxylic acids is 2. The van der Waals surface area contributed by atoms with E-state index in [0.29, 0.717) is 6.42 Å². The zero-order valence-electron chi connectivity index (χ0n) is 17.5. The van der Waals surface area contributed by atoms with Crippen LogP contribution >= 0.6 is 0 Å². The van der Waals surface area contributed by atoms with Crippen LogP contribution in [0, 0.1) is 24.0 Å². The summed E-state index contributed by atoms with van der Waals surface area (Å²) in [7, 11) is 0. The number of hydrogen-bond acceptors (Lipinski definition) is 6. The summed E-state index contributed by atoms with van der Waals surface area (Å²) in [6.07, 6.45) is 0.528. The third-order valence-electron chi connectivity index (χ3n) is 5.25. The summed E-state index contributed by atoms with van der Waals surface area (Å²) in [5.41, 5.74) is 8.74. The van der Waals surface area contributed by atoms with Crippen molar-refractivity contribution in [1.29, 1.82) is 0 Å². The maximum atomic E-state index is 12.3. The number of hydrazine groups is 1. The van der Waals surface area contributed by atoms with Crippen molar-refractivity contribution in [2.24, 2.45) is 0 Å². The Balaban J connectivity index is 1.43. The molecule has 0 saturated carbocycles. The second kappa shape index (κ2) is 8.42. The number of aryl methyl sites for hydroxylation is 2. The van der Waals surface area contributed by atoms with Crippen molar-refractivity contribution < 1.29 is 14.5 Å². The summed E-state index contributed by atoms with van der Waals surface area (Å²) in [5, 5.41) is 16.4. The van der Waals surface area contributed by atoms with Gasteiger partial charge < -0.3 is 0 Å². The van der Waals surface area contributed by atoms with Gasteiger partial charge in [-0.3, -0.25) is 30.6 Å². The molecule has 0 radical (unpaired) electrons. The second-order valence-corrected chi connectivity index (χ2v) is 7.32. The lowest BCUT2D eigenvalue weighted by Crippen LogP contribution is -2.41. The molecule has 0 unspecified atom stereocenters. The Kier molecular flexibility index (Phi) is 5.50. The largest absolute Gasteiger partial charge is 0.273 e. The van der Waals surface area contributed by atoms with Crippen LogP contribution in [0.5, 0.6) is 0 Å². The quantitative estimate of drug-likeness (QED) is 0.368. The van der Waals surface area contributed by atoms with Crippen LogP contribution in [0.25, 0.3) is 16.6 Å². The minimum atomic E-state index is -0.638. The molecule has 0 aliphatic carbocycles. The lowest BCUT2D eigenvalue weighted by atomic mass is 10.1. The van der Waals surface area contributed by atoms with Crippen LogP contribution < -0.4 is 10.9 Å². The Morgan fingerprint density at radius 1 is 1.09 bits per heavy atom. The molecule has 0 fully saturated rings. The van der Waals surface area contributed by atoms with Gasteiger partial charge in [0.2, 0.25) is 5.91 Å². The Morgan fingerprint density at radius 2 is 1.88 bits per heavy atom. The van der Waals surface area contributed by atoms with Gasteiger partial charge in [0.1, 0.15) is 0 Å². The number of aromatic nitrogens is 3. The number of non-ortho nitro benzene ring substituents is 1. The molecule has 32 heavy (non-hydrogen) atoms. The topological polar surface area (TPSA) is 132 Å². The minimum Gasteiger partial charge on any atom is -0.273 e. The van der Waals surface area contributed by atoms with Crippen LogP contribution in [0.15, 0.2) is 48.5 Å². The molecule has 0 aliphatic heterocycles. The summed E-state index contributed by atoms with van der Waals surface area (Å²) < 4.78 is 1.79. The number of rotatable bonds is 5. The molecule has 2 aromatic carbocycles. The molecule has 0 aliphatic rings. The standard InChI is InChI=1S/C22H20N6O4/c1-13-17(14(2)27-21(23-13)18-8-3-4-9-19(18)26-27)10-11-20(29)24-25-22(30)15-6-5-7-16(12-15)28(31)32/h3-9,12H,10-11H2,1-2H3,(H,24,29)(H,25,30). The van der Waals surface area contributed by atoms with Gasteiger partial charge in [0.25, 0.3) is 11.6 Å². The van der Waals surface area contributed by atoms with Crippen molar-refractivity contribution in [1.82, 2.24) is 25.4 Å². The zero-order valence-corrected chi connectivity index (χ0v) is 17.5. The highest BCUT2D eigenvalue weighted by Crippen LogP contribution is 2.22. The Morgan fingerprint density at radius 3 is 2.66 bits per heavy atom. The van der Waals surface area contributed by atoms with Gasteiger partial charge in [-0.25, -0.2) is 9.50 Å². The summed E-state index contributed by atoms with van der Waals surface area (Å²) in [6, 6.07) is 13.0. The molecule has 2 amide bonds. The number of fused-ring (bicyclic) bond motifs is 3. The Hall–Kier alpha value is -4.34. The second-order valence-electron chi connectivity index (χ2n) is 7.32. The van der Waals surface area contributed by atoms with Crippen molar-refractivity contribution in [3.63, 3.8) is 0 Å². The lowest BCUT2D eigenvalue weighted by Gasteiger charge is -2.11. The van der Waals surface area contributed by atoms with Gasteiger partial charge in [-0.2, -0.15) is 5.10 Å². The maximum Gasteiger partial charge on any atom is 0.270 e. The van der Waals surface area contributed by atoms with Gasteiger partial charge in [-0.05, 0) is 44.0 Å². The van der Waals surface area contributed by atoms with Gasteiger partial charge in [-0.1, -0.05) is 18.2 Å². The number of nitro groups is 1. The summed E-state index contributed by atoms with van der Waals surface area (Å²) in [4.78, 5) is 39.4. The van der Waals surface area contributed by atoms with E-state index in [2.05, 4.69) is 20.9 Å². The van der Waals surface area contributed by atoms with Crippen LogP contribution in [-0.2, 0) is 11.2 Å². The smallest absolute Gasteiger partial charge is 0.270 e. The van der Waals surface area contributed by atoms with E-state index < -0.39 is 16.7 Å². The molecule has 4 aromatic rings. The third kappa shape index (κ3) is 3.97. The van der Waals surface area contributed by atoms with Crippen LogP contribution in [0.1, 0.15) is 33.7 Å². The molecule has 2 heterocycles. The predicted molar refractivity (Wildman–Crippen MR) is 117 cm³/mol. The Labute approximate surface area is 182 Å². The van der Waals surface area contributed by atoms with E-state index in [9.17, 15) is 19.7 Å². The first-order chi connectivity index (χ1) is 15.3. The van der Waals surface area contributed by atoms with Crippen molar-refractivity contribution >= 4 is 34.1 Å². The lowest BCUT2D eigenvalue weighted by molar-refractivity contribution is -0.384. The molecule has 2 N–H and O–H groups in total. The number of amides is 2. The molecule has 0 atom stereocenters. The minimum absolute atomic E-state index is 0.0755. The molecular formula is C22H20N6O4. The highest BCUT2D eigenvalue weighted by molar-refractivity contribution is 5.96. The first-order valence-electron chi connectivity index (χ1n) is 9.92. The number of nitrogens with one attached hydrogen (secondary N) is 2. The fraction of sp³-hybridized carbons (Fsp3) is 0.182. The van der Waals surface area contributed by atoms with Crippen LogP contribution in [-0.4, -0.2) is 31.3 Å². The number of carbonyl (C=O) groups is 2. The average Bonchev–Trinajstić information content (AvgIpc) is 3.16. The van der Waals surface area contributed by atoms with Crippen molar-refractivity contribution in [3.8, 4) is 0 Å². The van der Waals surface area contributed by atoms with Crippen LogP contribution in [0.4, 0.5) is 5.69 Å². The fourth-order valence-electron chi connectivity index (χ4n) is 3.60. The summed E-state index contributed by atoms with van der Waals surface area (Å²) in [6.45, 7) is 3.83. The van der Waals surface area contributed by atoms with E-state index in [4.69, 9.17) is 0 Å². The maximum absolute atomic E-state index is 12.3. The predicted octanol–water partition coefficient (Wildman–Crippen LogP) is 2.80. The molecule has 162 valence electrons. The first-order valence-corrected chi connectivity index (χ1v) is 9.92. The fourth-order valence-corrected chi connectivity index (χ4v) is 3.60. The van der Waals surface area contributed by atoms with Gasteiger partial charge in [-0.15, -0.1) is 0 Å². The highest BCUT2D eigenvalue weighted by Gasteiger charge is 2.16. The molecule has 0 saturated heterocycles. The van der Waals surface area contributed by atoms with Gasteiger partial charge in [0, 0.05) is 40.9 Å². The number of nitro benzene ring substituents is 1. The normalized spacial score (nSPS) is 10.9. The van der Waals surface area contributed by atoms with E-state index in [1.807, 2.05) is 38.1 Å². The zero-order chi connectivity index (χ0) is 22.8. The number of hydrogen-bond donors (Lipinski definition) is 2. The highest BCUT2D eigenvalue weighted by atomic mass is 16.6.